The first kappa shape index (κ1) is 20.4. The van der Waals surface area contributed by atoms with Gasteiger partial charge in [-0.15, -0.1) is 11.3 Å². The van der Waals surface area contributed by atoms with Crippen molar-refractivity contribution in [1.29, 1.82) is 0 Å². The number of amides is 1. The number of carbonyl (C=O) groups is 1. The largest absolute Gasteiger partial charge is 0.416 e. The lowest BCUT2D eigenvalue weighted by molar-refractivity contribution is -0.137. The highest BCUT2D eigenvalue weighted by Gasteiger charge is 2.31. The molecule has 1 heterocycles. The minimum Gasteiger partial charge on any atom is -0.301 e. The molecule has 1 aromatic carbocycles. The molecule has 0 aliphatic heterocycles. The minimum absolute atomic E-state index is 0. The van der Waals surface area contributed by atoms with Gasteiger partial charge in [0.2, 0.25) is 5.91 Å². The lowest BCUT2D eigenvalue weighted by Gasteiger charge is -2.20. The van der Waals surface area contributed by atoms with Crippen molar-refractivity contribution in [2.45, 2.75) is 51.6 Å². The zero-order chi connectivity index (χ0) is 17.9. The van der Waals surface area contributed by atoms with Gasteiger partial charge in [-0.1, -0.05) is 45.2 Å². The number of alkyl halides is 3. The number of hydrogen-bond acceptors (Lipinski definition) is 3. The Balaban J connectivity index is 0.00000243. The van der Waals surface area contributed by atoms with Gasteiger partial charge in [-0.3, -0.25) is 4.79 Å². The summed E-state index contributed by atoms with van der Waals surface area (Å²) in [5.41, 5.74) is -0.0786. The van der Waals surface area contributed by atoms with Gasteiger partial charge in [-0.05, 0) is 30.0 Å². The normalized spacial score (nSPS) is 16.1. The van der Waals surface area contributed by atoms with Gasteiger partial charge in [0.1, 0.15) is 0 Å². The highest BCUT2D eigenvalue weighted by molar-refractivity contribution is 7.13. The van der Waals surface area contributed by atoms with Gasteiger partial charge in [-0.2, -0.15) is 13.2 Å². The number of rotatable bonds is 5. The summed E-state index contributed by atoms with van der Waals surface area (Å²) >= 11 is 1.32. The van der Waals surface area contributed by atoms with E-state index in [0.29, 0.717) is 23.0 Å². The summed E-state index contributed by atoms with van der Waals surface area (Å²) in [5.74, 6) is -0.231. The Kier molecular flexibility index (Phi) is 6.81. The summed E-state index contributed by atoms with van der Waals surface area (Å²) in [4.78, 5) is 16.8. The molecule has 1 aromatic heterocycles. The van der Waals surface area contributed by atoms with E-state index in [-0.39, 0.29) is 13.3 Å². The molecule has 2 aromatic rings. The molecule has 1 fully saturated rings. The first-order valence-electron chi connectivity index (χ1n) is 8.31. The average molecular weight is 384 g/mol. The Morgan fingerprint density at radius 2 is 1.88 bits per heavy atom. The molecule has 7 heteroatoms. The predicted molar refractivity (Wildman–Crippen MR) is 98.2 cm³/mol. The molecule has 142 valence electrons. The number of aromatic nitrogens is 1. The molecule has 0 saturated heterocycles. The molecule has 1 N–H and O–H groups in total. The number of nitrogens with zero attached hydrogens (tertiary/aromatic N) is 1. The van der Waals surface area contributed by atoms with Crippen LogP contribution < -0.4 is 5.32 Å². The van der Waals surface area contributed by atoms with Crippen LogP contribution in [0.15, 0.2) is 35.8 Å². The van der Waals surface area contributed by atoms with E-state index in [1.165, 1.54) is 23.5 Å². The molecule has 3 nitrogen and oxygen atoms in total. The highest BCUT2D eigenvalue weighted by Crippen LogP contribution is 2.36. The number of thiazole rings is 1. The fraction of sp³-hybridized carbons (Fsp3) is 0.474. The SMILES string of the molecule is C.O=C(Nc1nccs1)C(CC1CCCC1)c1ccc(C(F)(F)F)cc1. The molecular formula is C19H23F3N2OS. The van der Waals surface area contributed by atoms with Crippen LogP contribution in [0.4, 0.5) is 18.3 Å². The standard InChI is InChI=1S/C18H19F3N2OS.CH4/c19-18(20,21)14-7-5-13(6-8-14)15(11-12-3-1-2-4-12)16(24)23-17-22-9-10-25-17;/h5-10,12,15H,1-4,11H2,(H,22,23,24);1H4. The van der Waals surface area contributed by atoms with Crippen molar-refractivity contribution in [2.75, 3.05) is 5.32 Å². The van der Waals surface area contributed by atoms with Crippen LogP contribution in [-0.2, 0) is 11.0 Å². The second kappa shape index (κ2) is 8.66. The number of hydrogen-bond donors (Lipinski definition) is 1. The molecule has 1 unspecified atom stereocenters. The molecule has 26 heavy (non-hydrogen) atoms. The number of benzene rings is 1. The lowest BCUT2D eigenvalue weighted by Crippen LogP contribution is -2.23. The van der Waals surface area contributed by atoms with Gasteiger partial charge >= 0.3 is 6.18 Å². The van der Waals surface area contributed by atoms with Gasteiger partial charge in [0.15, 0.2) is 5.13 Å². The highest BCUT2D eigenvalue weighted by atomic mass is 32.1. The summed E-state index contributed by atoms with van der Waals surface area (Å²) in [6, 6.07) is 4.94. The molecule has 0 bridgehead atoms. The Morgan fingerprint density at radius 1 is 1.23 bits per heavy atom. The van der Waals surface area contributed by atoms with Crippen LogP contribution >= 0.6 is 11.3 Å². The first-order chi connectivity index (χ1) is 11.9. The van der Waals surface area contributed by atoms with Gasteiger partial charge < -0.3 is 5.32 Å². The molecule has 0 spiro atoms. The van der Waals surface area contributed by atoms with E-state index in [2.05, 4.69) is 10.3 Å². The van der Waals surface area contributed by atoms with Crippen molar-refractivity contribution in [3.63, 3.8) is 0 Å². The minimum atomic E-state index is -4.37. The molecule has 1 aliphatic carbocycles. The third-order valence-electron chi connectivity index (χ3n) is 4.66. The maximum Gasteiger partial charge on any atom is 0.416 e. The van der Waals surface area contributed by atoms with E-state index in [1.54, 1.807) is 11.6 Å². The molecule has 3 rings (SSSR count). The number of nitrogens with one attached hydrogen (secondary N) is 1. The second-order valence-electron chi connectivity index (χ2n) is 6.39. The Morgan fingerprint density at radius 3 is 2.42 bits per heavy atom. The van der Waals surface area contributed by atoms with E-state index >= 15 is 0 Å². The van der Waals surface area contributed by atoms with Crippen molar-refractivity contribution >= 4 is 22.4 Å². The number of carbonyl (C=O) groups excluding carboxylic acids is 1. The smallest absolute Gasteiger partial charge is 0.301 e. The second-order valence-corrected chi connectivity index (χ2v) is 7.28. The summed E-state index contributed by atoms with van der Waals surface area (Å²) < 4.78 is 38.3. The average Bonchev–Trinajstić information content (AvgIpc) is 3.25. The lowest BCUT2D eigenvalue weighted by atomic mass is 9.87. The predicted octanol–water partition coefficient (Wildman–Crippen LogP) is 6.10. The van der Waals surface area contributed by atoms with E-state index in [0.717, 1.165) is 37.8 Å². The van der Waals surface area contributed by atoms with E-state index < -0.39 is 17.7 Å². The quantitative estimate of drug-likeness (QED) is 0.677. The molecule has 1 saturated carbocycles. The zero-order valence-corrected chi connectivity index (χ0v) is 14.4. The fourth-order valence-corrected chi connectivity index (χ4v) is 3.89. The Bertz CT molecular complexity index is 693. The van der Waals surface area contributed by atoms with E-state index in [1.807, 2.05) is 0 Å². The summed E-state index contributed by atoms with van der Waals surface area (Å²) in [6.07, 6.45) is 2.33. The van der Waals surface area contributed by atoms with Crippen LogP contribution in [0.25, 0.3) is 0 Å². The maximum absolute atomic E-state index is 12.8. The van der Waals surface area contributed by atoms with Gasteiger partial charge in [0.05, 0.1) is 11.5 Å². The first-order valence-corrected chi connectivity index (χ1v) is 9.19. The third-order valence-corrected chi connectivity index (χ3v) is 5.35. The van der Waals surface area contributed by atoms with E-state index in [9.17, 15) is 18.0 Å². The fourth-order valence-electron chi connectivity index (χ4n) is 3.36. The van der Waals surface area contributed by atoms with Crippen LogP contribution in [0.1, 0.15) is 56.6 Å². The summed E-state index contributed by atoms with van der Waals surface area (Å²) in [6.45, 7) is 0. The van der Waals surface area contributed by atoms with Crippen LogP contribution in [0.3, 0.4) is 0 Å². The molecule has 1 atom stereocenters. The van der Waals surface area contributed by atoms with Crippen molar-refractivity contribution in [1.82, 2.24) is 4.98 Å². The van der Waals surface area contributed by atoms with E-state index in [4.69, 9.17) is 0 Å². The van der Waals surface area contributed by atoms with Gasteiger partial charge in [-0.25, -0.2) is 4.98 Å². The Labute approximate surface area is 155 Å². The van der Waals surface area contributed by atoms with Gasteiger partial charge in [0, 0.05) is 11.6 Å². The van der Waals surface area contributed by atoms with Gasteiger partial charge in [0.25, 0.3) is 0 Å². The van der Waals surface area contributed by atoms with Crippen molar-refractivity contribution < 1.29 is 18.0 Å². The number of halogens is 3. The monoisotopic (exact) mass is 384 g/mol. The summed E-state index contributed by atoms with van der Waals surface area (Å²) in [7, 11) is 0. The topological polar surface area (TPSA) is 42.0 Å². The zero-order valence-electron chi connectivity index (χ0n) is 13.6. The Hall–Kier alpha value is -1.89. The van der Waals surface area contributed by atoms with Crippen molar-refractivity contribution in [2.24, 2.45) is 5.92 Å². The summed E-state index contributed by atoms with van der Waals surface area (Å²) in [5, 5.41) is 5.06. The molecular weight excluding hydrogens is 361 g/mol. The van der Waals surface area contributed by atoms with Crippen LogP contribution in [0, 0.1) is 5.92 Å². The third kappa shape index (κ3) is 5.06. The molecule has 1 aliphatic rings. The molecule has 0 radical (unpaired) electrons. The van der Waals surface area contributed by atoms with Crippen molar-refractivity contribution in [3.8, 4) is 0 Å². The number of anilines is 1. The maximum atomic E-state index is 12.8. The van der Waals surface area contributed by atoms with Crippen LogP contribution in [-0.4, -0.2) is 10.9 Å². The molecule has 1 amide bonds. The van der Waals surface area contributed by atoms with Crippen LogP contribution in [0.2, 0.25) is 0 Å². The van der Waals surface area contributed by atoms with Crippen LogP contribution in [0.5, 0.6) is 0 Å². The van der Waals surface area contributed by atoms with Crippen molar-refractivity contribution in [3.05, 3.63) is 47.0 Å².